The fraction of sp³-hybridized carbons (Fsp3) is 0.0556. The fourth-order valence-electron chi connectivity index (χ4n) is 2.87. The number of fused-ring (bicyclic) bond motifs is 3. The summed E-state index contributed by atoms with van der Waals surface area (Å²) >= 11 is 0. The predicted octanol–water partition coefficient (Wildman–Crippen LogP) is 4.63. The van der Waals surface area contributed by atoms with Gasteiger partial charge in [-0.05, 0) is 31.2 Å². The molecule has 0 fully saturated rings. The highest BCUT2D eigenvalue weighted by Crippen LogP contribution is 2.32. The second-order valence-corrected chi connectivity index (χ2v) is 5.13. The highest BCUT2D eigenvalue weighted by atomic mass is 19.1. The van der Waals surface area contributed by atoms with Crippen molar-refractivity contribution in [3.05, 3.63) is 72.2 Å². The van der Waals surface area contributed by atoms with Gasteiger partial charge in [0.15, 0.2) is 0 Å². The SMILES string of the molecule is Cc1cccc(-n2c3ccccc3c3cccc(F)c32)n1. The summed E-state index contributed by atoms with van der Waals surface area (Å²) in [5.74, 6) is 0.512. The number of aryl methyl sites for hydroxylation is 1. The van der Waals surface area contributed by atoms with E-state index in [-0.39, 0.29) is 5.82 Å². The van der Waals surface area contributed by atoms with Gasteiger partial charge in [0.2, 0.25) is 0 Å². The van der Waals surface area contributed by atoms with E-state index in [9.17, 15) is 4.39 Å². The average Bonchev–Trinajstić information content (AvgIpc) is 2.83. The van der Waals surface area contributed by atoms with Crippen LogP contribution in [0.2, 0.25) is 0 Å². The Balaban J connectivity index is 2.24. The molecule has 0 bridgehead atoms. The number of pyridine rings is 1. The van der Waals surface area contributed by atoms with Crippen LogP contribution in [-0.4, -0.2) is 9.55 Å². The lowest BCUT2D eigenvalue weighted by Gasteiger charge is -2.07. The molecule has 2 aromatic heterocycles. The monoisotopic (exact) mass is 276 g/mol. The number of para-hydroxylation sites is 2. The highest BCUT2D eigenvalue weighted by Gasteiger charge is 2.15. The Hall–Kier alpha value is -2.68. The van der Waals surface area contributed by atoms with Gasteiger partial charge < -0.3 is 0 Å². The Kier molecular flexibility index (Phi) is 2.54. The summed E-state index contributed by atoms with van der Waals surface area (Å²) in [5, 5.41) is 1.95. The molecule has 0 radical (unpaired) electrons. The second kappa shape index (κ2) is 4.42. The van der Waals surface area contributed by atoms with Crippen molar-refractivity contribution in [2.75, 3.05) is 0 Å². The van der Waals surface area contributed by atoms with E-state index in [0.717, 1.165) is 27.8 Å². The molecular formula is C18H13FN2. The van der Waals surface area contributed by atoms with Crippen molar-refractivity contribution in [1.29, 1.82) is 0 Å². The molecule has 0 aliphatic carbocycles. The zero-order valence-corrected chi connectivity index (χ0v) is 11.5. The molecule has 0 aliphatic rings. The zero-order chi connectivity index (χ0) is 14.4. The van der Waals surface area contributed by atoms with E-state index < -0.39 is 0 Å². The van der Waals surface area contributed by atoms with Crippen LogP contribution in [0.3, 0.4) is 0 Å². The van der Waals surface area contributed by atoms with Gasteiger partial charge in [-0.1, -0.05) is 36.4 Å². The Morgan fingerprint density at radius 2 is 1.62 bits per heavy atom. The summed E-state index contributed by atoms with van der Waals surface area (Å²) in [6.45, 7) is 1.94. The lowest BCUT2D eigenvalue weighted by molar-refractivity contribution is 0.635. The van der Waals surface area contributed by atoms with E-state index in [0.29, 0.717) is 5.52 Å². The molecule has 21 heavy (non-hydrogen) atoms. The third kappa shape index (κ3) is 1.74. The highest BCUT2D eigenvalue weighted by molar-refractivity contribution is 6.09. The first-order chi connectivity index (χ1) is 10.3. The van der Waals surface area contributed by atoms with Crippen LogP contribution in [0.15, 0.2) is 60.7 Å². The van der Waals surface area contributed by atoms with Gasteiger partial charge in [-0.25, -0.2) is 9.37 Å². The van der Waals surface area contributed by atoms with Gasteiger partial charge in [0.1, 0.15) is 11.6 Å². The number of halogens is 1. The third-order valence-electron chi connectivity index (χ3n) is 3.75. The smallest absolute Gasteiger partial charge is 0.147 e. The normalized spacial score (nSPS) is 11.3. The van der Waals surface area contributed by atoms with E-state index in [4.69, 9.17) is 0 Å². The molecule has 2 aromatic carbocycles. The molecule has 4 aromatic rings. The largest absolute Gasteiger partial charge is 0.291 e. The van der Waals surface area contributed by atoms with Crippen molar-refractivity contribution in [3.8, 4) is 5.82 Å². The van der Waals surface area contributed by atoms with Gasteiger partial charge in [-0.15, -0.1) is 0 Å². The van der Waals surface area contributed by atoms with E-state index in [1.54, 1.807) is 6.07 Å². The topological polar surface area (TPSA) is 17.8 Å². The van der Waals surface area contributed by atoms with E-state index in [1.165, 1.54) is 6.07 Å². The summed E-state index contributed by atoms with van der Waals surface area (Å²) in [5.41, 5.74) is 2.46. The van der Waals surface area contributed by atoms with Crippen LogP contribution in [0.1, 0.15) is 5.69 Å². The van der Waals surface area contributed by atoms with E-state index in [1.807, 2.05) is 60.0 Å². The van der Waals surface area contributed by atoms with Crippen LogP contribution in [-0.2, 0) is 0 Å². The molecule has 0 spiro atoms. The van der Waals surface area contributed by atoms with Gasteiger partial charge in [-0.2, -0.15) is 0 Å². The molecule has 0 saturated heterocycles. The third-order valence-corrected chi connectivity index (χ3v) is 3.75. The molecule has 0 atom stereocenters. The summed E-state index contributed by atoms with van der Waals surface area (Å²) in [6, 6.07) is 18.9. The first kappa shape index (κ1) is 12.1. The first-order valence-corrected chi connectivity index (χ1v) is 6.87. The quantitative estimate of drug-likeness (QED) is 0.496. The molecule has 0 amide bonds. The van der Waals surface area contributed by atoms with Crippen molar-refractivity contribution >= 4 is 21.8 Å². The summed E-state index contributed by atoms with van der Waals surface area (Å²) in [6.07, 6.45) is 0. The standard InChI is InChI=1S/C18H13FN2/c1-12-6-4-11-17(20-12)21-16-10-3-2-7-13(16)14-8-5-9-15(19)18(14)21/h2-11H,1H3. The molecule has 2 heterocycles. The molecular weight excluding hydrogens is 263 g/mol. The number of hydrogen-bond donors (Lipinski definition) is 0. The maximum Gasteiger partial charge on any atom is 0.147 e. The van der Waals surface area contributed by atoms with Crippen LogP contribution < -0.4 is 0 Å². The number of hydrogen-bond acceptors (Lipinski definition) is 1. The molecule has 0 N–H and O–H groups in total. The van der Waals surface area contributed by atoms with Crippen molar-refractivity contribution < 1.29 is 4.39 Å². The number of rotatable bonds is 1. The molecule has 0 saturated carbocycles. The fourth-order valence-corrected chi connectivity index (χ4v) is 2.87. The van der Waals surface area contributed by atoms with E-state index in [2.05, 4.69) is 4.98 Å². The number of benzene rings is 2. The first-order valence-electron chi connectivity index (χ1n) is 6.87. The van der Waals surface area contributed by atoms with Gasteiger partial charge >= 0.3 is 0 Å². The molecule has 0 aliphatic heterocycles. The van der Waals surface area contributed by atoms with Crippen LogP contribution in [0.25, 0.3) is 27.6 Å². The van der Waals surface area contributed by atoms with Crippen molar-refractivity contribution in [2.45, 2.75) is 6.92 Å². The second-order valence-electron chi connectivity index (χ2n) is 5.13. The van der Waals surface area contributed by atoms with Crippen LogP contribution >= 0.6 is 0 Å². The molecule has 2 nitrogen and oxygen atoms in total. The molecule has 4 rings (SSSR count). The Bertz CT molecular complexity index is 969. The summed E-state index contributed by atoms with van der Waals surface area (Å²) < 4.78 is 16.3. The Labute approximate surface area is 121 Å². The maximum atomic E-state index is 14.4. The Morgan fingerprint density at radius 1 is 0.857 bits per heavy atom. The minimum Gasteiger partial charge on any atom is -0.291 e. The van der Waals surface area contributed by atoms with E-state index >= 15 is 0 Å². The molecule has 3 heteroatoms. The van der Waals surface area contributed by atoms with Crippen molar-refractivity contribution in [2.24, 2.45) is 0 Å². The van der Waals surface area contributed by atoms with Gasteiger partial charge in [-0.3, -0.25) is 4.57 Å². The average molecular weight is 276 g/mol. The van der Waals surface area contributed by atoms with Gasteiger partial charge in [0.25, 0.3) is 0 Å². The van der Waals surface area contributed by atoms with Crippen LogP contribution in [0.5, 0.6) is 0 Å². The lowest BCUT2D eigenvalue weighted by atomic mass is 10.1. The van der Waals surface area contributed by atoms with Crippen molar-refractivity contribution in [3.63, 3.8) is 0 Å². The molecule has 102 valence electrons. The van der Waals surface area contributed by atoms with Crippen LogP contribution in [0, 0.1) is 12.7 Å². The van der Waals surface area contributed by atoms with Crippen LogP contribution in [0.4, 0.5) is 4.39 Å². The number of nitrogens with zero attached hydrogens (tertiary/aromatic N) is 2. The predicted molar refractivity (Wildman–Crippen MR) is 83.3 cm³/mol. The maximum absolute atomic E-state index is 14.4. The van der Waals surface area contributed by atoms with Gasteiger partial charge in [0.05, 0.1) is 11.0 Å². The summed E-state index contributed by atoms with van der Waals surface area (Å²) in [7, 11) is 0. The van der Waals surface area contributed by atoms with Crippen molar-refractivity contribution in [1.82, 2.24) is 9.55 Å². The molecule has 0 unspecified atom stereocenters. The number of aromatic nitrogens is 2. The van der Waals surface area contributed by atoms with Gasteiger partial charge in [0, 0.05) is 16.5 Å². The minimum absolute atomic E-state index is 0.230. The Morgan fingerprint density at radius 3 is 2.48 bits per heavy atom. The summed E-state index contributed by atoms with van der Waals surface area (Å²) in [4.78, 5) is 4.55. The zero-order valence-electron chi connectivity index (χ0n) is 11.5. The minimum atomic E-state index is -0.230. The lowest BCUT2D eigenvalue weighted by Crippen LogP contribution is -1.99.